The molecule has 0 atom stereocenters. The van der Waals surface area contributed by atoms with Crippen LogP contribution in [0, 0.1) is 0 Å². The van der Waals surface area contributed by atoms with E-state index in [1.807, 2.05) is 61.5 Å². The highest BCUT2D eigenvalue weighted by Crippen LogP contribution is 2.29. The van der Waals surface area contributed by atoms with Crippen LogP contribution in [0.2, 0.25) is 0 Å². The SMILES string of the molecule is CC(=O)c1c(NCc2ccccc2)c2ccc(N(C)C)cc2oc1=O. The molecule has 3 rings (SSSR count). The fourth-order valence-corrected chi connectivity index (χ4v) is 2.76. The van der Waals surface area contributed by atoms with Crippen molar-refractivity contribution in [3.05, 3.63) is 70.1 Å². The molecule has 0 aliphatic carbocycles. The summed E-state index contributed by atoms with van der Waals surface area (Å²) in [5.41, 5.74) is 2.39. The van der Waals surface area contributed by atoms with Gasteiger partial charge in [0.25, 0.3) is 0 Å². The summed E-state index contributed by atoms with van der Waals surface area (Å²) < 4.78 is 5.39. The van der Waals surface area contributed by atoms with Crippen molar-refractivity contribution in [3.8, 4) is 0 Å². The molecule has 1 heterocycles. The number of nitrogens with zero attached hydrogens (tertiary/aromatic N) is 1. The largest absolute Gasteiger partial charge is 0.422 e. The molecule has 0 saturated carbocycles. The van der Waals surface area contributed by atoms with Gasteiger partial charge in [0, 0.05) is 37.8 Å². The molecule has 5 heteroatoms. The molecule has 0 aliphatic heterocycles. The highest BCUT2D eigenvalue weighted by Gasteiger charge is 2.18. The molecule has 1 N–H and O–H groups in total. The van der Waals surface area contributed by atoms with Crippen LogP contribution < -0.4 is 15.8 Å². The van der Waals surface area contributed by atoms with Crippen LogP contribution in [-0.4, -0.2) is 19.9 Å². The van der Waals surface area contributed by atoms with Gasteiger partial charge in [-0.15, -0.1) is 0 Å². The maximum atomic E-state index is 12.3. The number of nitrogens with one attached hydrogen (secondary N) is 1. The molecule has 2 aromatic carbocycles. The zero-order valence-corrected chi connectivity index (χ0v) is 14.5. The Labute approximate surface area is 145 Å². The molecule has 5 nitrogen and oxygen atoms in total. The van der Waals surface area contributed by atoms with Gasteiger partial charge < -0.3 is 14.6 Å². The normalized spacial score (nSPS) is 10.7. The van der Waals surface area contributed by atoms with Crippen molar-refractivity contribution in [2.75, 3.05) is 24.3 Å². The smallest absolute Gasteiger partial charge is 0.349 e. The second kappa shape index (κ2) is 6.81. The van der Waals surface area contributed by atoms with Crippen molar-refractivity contribution in [2.24, 2.45) is 0 Å². The molecule has 128 valence electrons. The second-order valence-electron chi connectivity index (χ2n) is 6.11. The number of anilines is 2. The molecule has 0 radical (unpaired) electrons. The number of ketones is 1. The summed E-state index contributed by atoms with van der Waals surface area (Å²) in [4.78, 5) is 26.3. The summed E-state index contributed by atoms with van der Waals surface area (Å²) in [6.45, 7) is 1.88. The third-order valence-electron chi connectivity index (χ3n) is 4.07. The first-order valence-corrected chi connectivity index (χ1v) is 8.04. The predicted octanol–water partition coefficient (Wildman–Crippen LogP) is 3.67. The third kappa shape index (κ3) is 3.40. The van der Waals surface area contributed by atoms with Crippen molar-refractivity contribution in [3.63, 3.8) is 0 Å². The van der Waals surface area contributed by atoms with Gasteiger partial charge >= 0.3 is 5.63 Å². The van der Waals surface area contributed by atoms with Crippen molar-refractivity contribution in [2.45, 2.75) is 13.5 Å². The van der Waals surface area contributed by atoms with E-state index in [-0.39, 0.29) is 11.3 Å². The van der Waals surface area contributed by atoms with E-state index in [2.05, 4.69) is 5.32 Å². The Kier molecular flexibility index (Phi) is 4.57. The lowest BCUT2D eigenvalue weighted by Gasteiger charge is -2.16. The Bertz CT molecular complexity index is 975. The Hall–Kier alpha value is -3.08. The number of benzene rings is 2. The molecule has 1 aromatic heterocycles. The molecular weight excluding hydrogens is 316 g/mol. The first-order chi connectivity index (χ1) is 12.0. The van der Waals surface area contributed by atoms with Gasteiger partial charge in [-0.05, 0) is 24.6 Å². The topological polar surface area (TPSA) is 62.6 Å². The summed E-state index contributed by atoms with van der Waals surface area (Å²) in [5, 5.41) is 3.96. The van der Waals surface area contributed by atoms with E-state index >= 15 is 0 Å². The Morgan fingerprint density at radius 1 is 1.12 bits per heavy atom. The maximum absolute atomic E-state index is 12.3. The molecule has 0 amide bonds. The van der Waals surface area contributed by atoms with E-state index in [0.29, 0.717) is 23.2 Å². The van der Waals surface area contributed by atoms with Crippen LogP contribution in [0.4, 0.5) is 11.4 Å². The minimum Gasteiger partial charge on any atom is -0.422 e. The summed E-state index contributed by atoms with van der Waals surface area (Å²) in [6.07, 6.45) is 0. The Balaban J connectivity index is 2.13. The summed E-state index contributed by atoms with van der Waals surface area (Å²) in [5.74, 6) is -0.317. The van der Waals surface area contributed by atoms with E-state index < -0.39 is 5.63 Å². The summed E-state index contributed by atoms with van der Waals surface area (Å²) in [6, 6.07) is 15.4. The average Bonchev–Trinajstić information content (AvgIpc) is 2.59. The first-order valence-electron chi connectivity index (χ1n) is 8.04. The van der Waals surface area contributed by atoms with Crippen LogP contribution in [-0.2, 0) is 6.54 Å². The number of hydrogen-bond acceptors (Lipinski definition) is 5. The average molecular weight is 336 g/mol. The molecule has 3 aromatic rings. The van der Waals surface area contributed by atoms with Crippen LogP contribution in [0.5, 0.6) is 0 Å². The Morgan fingerprint density at radius 3 is 2.48 bits per heavy atom. The lowest BCUT2D eigenvalue weighted by molar-refractivity contribution is 0.101. The predicted molar refractivity (Wildman–Crippen MR) is 101 cm³/mol. The molecule has 0 aliphatic rings. The molecule has 0 bridgehead atoms. The van der Waals surface area contributed by atoms with Crippen molar-refractivity contribution >= 4 is 28.1 Å². The van der Waals surface area contributed by atoms with Crippen LogP contribution >= 0.6 is 0 Å². The van der Waals surface area contributed by atoms with E-state index in [1.165, 1.54) is 6.92 Å². The number of Topliss-reactive ketones (excluding diaryl/α,β-unsaturated/α-hetero) is 1. The maximum Gasteiger partial charge on any atom is 0.349 e. The minimum atomic E-state index is -0.619. The number of carbonyl (C=O) groups excluding carboxylic acids is 1. The van der Waals surface area contributed by atoms with E-state index in [9.17, 15) is 9.59 Å². The third-order valence-corrected chi connectivity index (χ3v) is 4.07. The van der Waals surface area contributed by atoms with E-state index in [0.717, 1.165) is 11.3 Å². The van der Waals surface area contributed by atoms with E-state index in [4.69, 9.17) is 4.42 Å². The lowest BCUT2D eigenvalue weighted by Crippen LogP contribution is -2.17. The summed E-state index contributed by atoms with van der Waals surface area (Å²) >= 11 is 0. The van der Waals surface area contributed by atoms with Crippen LogP contribution in [0.3, 0.4) is 0 Å². The van der Waals surface area contributed by atoms with Crippen molar-refractivity contribution in [1.82, 2.24) is 0 Å². The number of rotatable bonds is 5. The standard InChI is InChI=1S/C20H20N2O3/c1-13(23)18-19(21-12-14-7-5-4-6-8-14)16-10-9-15(22(2)3)11-17(16)25-20(18)24/h4-11,21H,12H2,1-3H3. The van der Waals surface area contributed by atoms with E-state index in [1.54, 1.807) is 6.07 Å². The highest BCUT2D eigenvalue weighted by molar-refractivity contribution is 6.06. The van der Waals surface area contributed by atoms with Gasteiger partial charge in [-0.3, -0.25) is 4.79 Å². The van der Waals surface area contributed by atoms with Gasteiger partial charge in [0.15, 0.2) is 5.78 Å². The number of hydrogen-bond donors (Lipinski definition) is 1. The van der Waals surface area contributed by atoms with Gasteiger partial charge in [0.05, 0.1) is 5.69 Å². The van der Waals surface area contributed by atoms with Gasteiger partial charge in [-0.1, -0.05) is 30.3 Å². The quantitative estimate of drug-likeness (QED) is 0.569. The monoisotopic (exact) mass is 336 g/mol. The summed E-state index contributed by atoms with van der Waals surface area (Å²) in [7, 11) is 3.83. The molecule has 0 fully saturated rings. The van der Waals surface area contributed by atoms with Gasteiger partial charge in [0.1, 0.15) is 11.1 Å². The van der Waals surface area contributed by atoms with Crippen molar-refractivity contribution in [1.29, 1.82) is 0 Å². The zero-order chi connectivity index (χ0) is 18.0. The van der Waals surface area contributed by atoms with Crippen LogP contribution in [0.15, 0.2) is 57.7 Å². The van der Waals surface area contributed by atoms with Gasteiger partial charge in [0.2, 0.25) is 0 Å². The molecule has 0 unspecified atom stereocenters. The fourth-order valence-electron chi connectivity index (χ4n) is 2.76. The second-order valence-corrected chi connectivity index (χ2v) is 6.11. The first kappa shape index (κ1) is 16.8. The lowest BCUT2D eigenvalue weighted by atomic mass is 10.1. The van der Waals surface area contributed by atoms with Crippen LogP contribution in [0.25, 0.3) is 11.0 Å². The molecule has 0 saturated heterocycles. The van der Waals surface area contributed by atoms with Gasteiger partial charge in [-0.2, -0.15) is 0 Å². The molecule has 25 heavy (non-hydrogen) atoms. The molecule has 0 spiro atoms. The molecular formula is C20H20N2O3. The minimum absolute atomic E-state index is 0.0565. The zero-order valence-electron chi connectivity index (χ0n) is 14.5. The Morgan fingerprint density at radius 2 is 1.84 bits per heavy atom. The van der Waals surface area contributed by atoms with Crippen molar-refractivity contribution < 1.29 is 9.21 Å². The van der Waals surface area contributed by atoms with Crippen LogP contribution in [0.1, 0.15) is 22.8 Å². The number of carbonyl (C=O) groups is 1. The number of fused-ring (bicyclic) bond motifs is 1. The fraction of sp³-hybridized carbons (Fsp3) is 0.200. The highest BCUT2D eigenvalue weighted by atomic mass is 16.4. The van der Waals surface area contributed by atoms with Gasteiger partial charge in [-0.25, -0.2) is 4.79 Å².